The zero-order chi connectivity index (χ0) is 9.14. The number of hydrogen-bond donors (Lipinski definition) is 0. The average molecular weight is 188 g/mol. The first-order chi connectivity index (χ1) is 5.65. The van der Waals surface area contributed by atoms with Crippen LogP contribution in [0.2, 0.25) is 5.02 Å². The summed E-state index contributed by atoms with van der Waals surface area (Å²) in [6, 6.07) is 2.20. The predicted molar refractivity (Wildman–Crippen MR) is 50.4 cm³/mol. The third-order valence-corrected chi connectivity index (χ3v) is 2.12. The number of halogens is 1. The lowest BCUT2D eigenvalue weighted by atomic mass is 10.1. The summed E-state index contributed by atoms with van der Waals surface area (Å²) in [6.07, 6.45) is 2.60. The molecule has 0 aliphatic carbocycles. The molecule has 0 aliphatic heterocycles. The lowest BCUT2D eigenvalue weighted by Gasteiger charge is -2.19. The highest BCUT2D eigenvalue weighted by molar-refractivity contribution is 6.30. The fourth-order valence-corrected chi connectivity index (χ4v) is 1.48. The van der Waals surface area contributed by atoms with Crippen molar-refractivity contribution in [2.75, 3.05) is 14.1 Å². The molecule has 0 radical (unpaired) electrons. The van der Waals surface area contributed by atoms with Gasteiger partial charge in [0.1, 0.15) is 12.0 Å². The summed E-state index contributed by atoms with van der Waals surface area (Å²) >= 11 is 5.75. The Balaban J connectivity index is 2.80. The standard InChI is InChI=1S/C9H14ClNO/c1-4-8(11(2)3)9-5-7(10)6-12-9/h5-6,8H,4H2,1-3H3/t8-/m1/s1. The number of nitrogens with zero attached hydrogens (tertiary/aromatic N) is 1. The van der Waals surface area contributed by atoms with Gasteiger partial charge < -0.3 is 4.42 Å². The maximum Gasteiger partial charge on any atom is 0.122 e. The molecular formula is C9H14ClNO. The Hall–Kier alpha value is -0.470. The van der Waals surface area contributed by atoms with Crippen LogP contribution in [0.15, 0.2) is 16.7 Å². The molecular weight excluding hydrogens is 174 g/mol. The zero-order valence-corrected chi connectivity index (χ0v) is 8.43. The Morgan fingerprint density at radius 1 is 1.58 bits per heavy atom. The van der Waals surface area contributed by atoms with E-state index in [0.717, 1.165) is 12.2 Å². The van der Waals surface area contributed by atoms with E-state index in [0.29, 0.717) is 11.1 Å². The molecule has 0 aromatic carbocycles. The van der Waals surface area contributed by atoms with Gasteiger partial charge in [-0.25, -0.2) is 0 Å². The second-order valence-electron chi connectivity index (χ2n) is 3.05. The van der Waals surface area contributed by atoms with Crippen molar-refractivity contribution in [2.24, 2.45) is 0 Å². The first-order valence-corrected chi connectivity index (χ1v) is 4.43. The first kappa shape index (κ1) is 9.62. The average Bonchev–Trinajstić information content (AvgIpc) is 2.37. The van der Waals surface area contributed by atoms with Gasteiger partial charge in [-0.1, -0.05) is 18.5 Å². The Labute approximate surface area is 78.1 Å². The van der Waals surface area contributed by atoms with E-state index in [9.17, 15) is 0 Å². The molecule has 0 fully saturated rings. The van der Waals surface area contributed by atoms with Crippen LogP contribution in [-0.2, 0) is 0 Å². The monoisotopic (exact) mass is 187 g/mol. The van der Waals surface area contributed by atoms with Gasteiger partial charge in [0.25, 0.3) is 0 Å². The van der Waals surface area contributed by atoms with Crippen LogP contribution >= 0.6 is 11.6 Å². The summed E-state index contributed by atoms with van der Waals surface area (Å²) in [5, 5.41) is 0.672. The highest BCUT2D eigenvalue weighted by Crippen LogP contribution is 2.25. The van der Waals surface area contributed by atoms with Crippen LogP contribution < -0.4 is 0 Å². The Kier molecular flexibility index (Phi) is 3.18. The van der Waals surface area contributed by atoms with Crippen molar-refractivity contribution < 1.29 is 4.42 Å². The molecule has 0 spiro atoms. The summed E-state index contributed by atoms with van der Waals surface area (Å²) in [5.41, 5.74) is 0. The molecule has 0 amide bonds. The van der Waals surface area contributed by atoms with Crippen molar-refractivity contribution in [3.63, 3.8) is 0 Å². The van der Waals surface area contributed by atoms with Crippen molar-refractivity contribution in [1.29, 1.82) is 0 Å². The minimum absolute atomic E-state index is 0.331. The van der Waals surface area contributed by atoms with Gasteiger partial charge in [0.2, 0.25) is 0 Å². The summed E-state index contributed by atoms with van der Waals surface area (Å²) in [4.78, 5) is 2.12. The summed E-state index contributed by atoms with van der Waals surface area (Å²) in [7, 11) is 4.06. The maximum absolute atomic E-state index is 5.75. The second kappa shape index (κ2) is 3.97. The van der Waals surface area contributed by atoms with Gasteiger partial charge in [-0.05, 0) is 26.6 Å². The van der Waals surface area contributed by atoms with Gasteiger partial charge in [-0.2, -0.15) is 0 Å². The molecule has 0 unspecified atom stereocenters. The molecule has 1 heterocycles. The third kappa shape index (κ3) is 2.02. The largest absolute Gasteiger partial charge is 0.466 e. The fraction of sp³-hybridized carbons (Fsp3) is 0.556. The number of furan rings is 1. The molecule has 0 aliphatic rings. The molecule has 1 rings (SSSR count). The molecule has 1 aromatic rings. The second-order valence-corrected chi connectivity index (χ2v) is 3.49. The lowest BCUT2D eigenvalue weighted by molar-refractivity contribution is 0.252. The molecule has 0 N–H and O–H groups in total. The Bertz CT molecular complexity index is 244. The molecule has 1 aromatic heterocycles. The van der Waals surface area contributed by atoms with Crippen molar-refractivity contribution in [3.8, 4) is 0 Å². The van der Waals surface area contributed by atoms with Crippen LogP contribution in [0.25, 0.3) is 0 Å². The van der Waals surface area contributed by atoms with E-state index in [2.05, 4.69) is 11.8 Å². The highest BCUT2D eigenvalue weighted by Gasteiger charge is 2.14. The van der Waals surface area contributed by atoms with Crippen molar-refractivity contribution in [2.45, 2.75) is 19.4 Å². The number of hydrogen-bond acceptors (Lipinski definition) is 2. The first-order valence-electron chi connectivity index (χ1n) is 4.05. The van der Waals surface area contributed by atoms with Gasteiger partial charge in [0.05, 0.1) is 11.1 Å². The maximum atomic E-state index is 5.75. The molecule has 68 valence electrons. The fourth-order valence-electron chi connectivity index (χ4n) is 1.32. The predicted octanol–water partition coefficient (Wildman–Crippen LogP) is 2.95. The van der Waals surface area contributed by atoms with E-state index in [1.165, 1.54) is 0 Å². The lowest BCUT2D eigenvalue weighted by Crippen LogP contribution is -2.18. The van der Waals surface area contributed by atoms with E-state index in [1.54, 1.807) is 6.26 Å². The van der Waals surface area contributed by atoms with E-state index in [-0.39, 0.29) is 0 Å². The zero-order valence-electron chi connectivity index (χ0n) is 7.67. The summed E-state index contributed by atoms with van der Waals surface area (Å²) in [6.45, 7) is 2.13. The van der Waals surface area contributed by atoms with Crippen LogP contribution in [0.4, 0.5) is 0 Å². The molecule has 12 heavy (non-hydrogen) atoms. The van der Waals surface area contributed by atoms with Gasteiger partial charge in [0, 0.05) is 0 Å². The van der Waals surface area contributed by atoms with Crippen LogP contribution in [0.1, 0.15) is 25.1 Å². The van der Waals surface area contributed by atoms with Crippen molar-refractivity contribution in [1.82, 2.24) is 4.90 Å². The molecule has 2 nitrogen and oxygen atoms in total. The van der Waals surface area contributed by atoms with E-state index in [4.69, 9.17) is 16.0 Å². The van der Waals surface area contributed by atoms with Crippen LogP contribution in [0, 0.1) is 0 Å². The normalized spacial score (nSPS) is 13.8. The van der Waals surface area contributed by atoms with Crippen LogP contribution in [0.5, 0.6) is 0 Å². The summed E-state index contributed by atoms with van der Waals surface area (Å²) in [5.74, 6) is 0.938. The number of rotatable bonds is 3. The smallest absolute Gasteiger partial charge is 0.122 e. The molecule has 0 saturated heterocycles. The minimum Gasteiger partial charge on any atom is -0.466 e. The van der Waals surface area contributed by atoms with Crippen molar-refractivity contribution in [3.05, 3.63) is 23.1 Å². The van der Waals surface area contributed by atoms with Gasteiger partial charge in [-0.3, -0.25) is 4.90 Å². The van der Waals surface area contributed by atoms with E-state index >= 15 is 0 Å². The van der Waals surface area contributed by atoms with Gasteiger partial charge in [0.15, 0.2) is 0 Å². The third-order valence-electron chi connectivity index (χ3n) is 1.93. The van der Waals surface area contributed by atoms with E-state index < -0.39 is 0 Å². The Morgan fingerprint density at radius 3 is 2.58 bits per heavy atom. The molecule has 0 saturated carbocycles. The minimum atomic E-state index is 0.331. The van der Waals surface area contributed by atoms with Crippen LogP contribution in [-0.4, -0.2) is 19.0 Å². The van der Waals surface area contributed by atoms with Gasteiger partial charge >= 0.3 is 0 Å². The van der Waals surface area contributed by atoms with E-state index in [1.807, 2.05) is 20.2 Å². The molecule has 3 heteroatoms. The quantitative estimate of drug-likeness (QED) is 0.724. The molecule has 0 bridgehead atoms. The molecule has 1 atom stereocenters. The summed E-state index contributed by atoms with van der Waals surface area (Å²) < 4.78 is 5.30. The Morgan fingerprint density at radius 2 is 2.25 bits per heavy atom. The van der Waals surface area contributed by atoms with Gasteiger partial charge in [-0.15, -0.1) is 0 Å². The highest BCUT2D eigenvalue weighted by atomic mass is 35.5. The topological polar surface area (TPSA) is 16.4 Å². The SMILES string of the molecule is CC[C@H](c1cc(Cl)co1)N(C)C. The van der Waals surface area contributed by atoms with Crippen LogP contribution in [0.3, 0.4) is 0 Å². The van der Waals surface area contributed by atoms with Crippen molar-refractivity contribution >= 4 is 11.6 Å².